The summed E-state index contributed by atoms with van der Waals surface area (Å²) in [4.78, 5) is 37.0. The van der Waals surface area contributed by atoms with Gasteiger partial charge in [-0.2, -0.15) is 0 Å². The van der Waals surface area contributed by atoms with E-state index in [4.69, 9.17) is 19.6 Å². The maximum absolute atomic E-state index is 11.0. The molecule has 0 radical (unpaired) electrons. The minimum atomic E-state index is -4.33. The summed E-state index contributed by atoms with van der Waals surface area (Å²) in [6.45, 7) is 8.59. The van der Waals surface area contributed by atoms with Gasteiger partial charge in [-0.1, -0.05) is 27.7 Å². The lowest BCUT2D eigenvalue weighted by molar-refractivity contribution is 0.240. The molecular weight excluding hydrogens is 304 g/mol. The molecule has 0 spiro atoms. The molecule has 9 heteroatoms. The Morgan fingerprint density at radius 1 is 1.00 bits per heavy atom. The third-order valence-corrected chi connectivity index (χ3v) is 4.20. The van der Waals surface area contributed by atoms with Crippen molar-refractivity contribution in [2.24, 2.45) is 11.3 Å². The van der Waals surface area contributed by atoms with E-state index in [0.29, 0.717) is 12.3 Å². The summed E-state index contributed by atoms with van der Waals surface area (Å²) >= 11 is 0. The van der Waals surface area contributed by atoms with Crippen LogP contribution in [0.5, 0.6) is 0 Å². The summed E-state index contributed by atoms with van der Waals surface area (Å²) in [7, 11) is -8.65. The molecule has 122 valence electrons. The molecule has 0 aliphatic rings. The maximum atomic E-state index is 11.0. The van der Waals surface area contributed by atoms with E-state index in [2.05, 4.69) is 20.8 Å². The summed E-state index contributed by atoms with van der Waals surface area (Å²) < 4.78 is 22.0. The Hall–Kier alpha value is 0.260. The lowest BCUT2D eigenvalue weighted by Gasteiger charge is -2.27. The Morgan fingerprint density at radius 2 is 1.40 bits per heavy atom. The first-order valence-electron chi connectivity index (χ1n) is 6.49. The van der Waals surface area contributed by atoms with Gasteiger partial charge in [-0.15, -0.1) is 0 Å². The average molecular weight is 331 g/mol. The fourth-order valence-electron chi connectivity index (χ4n) is 2.26. The van der Waals surface area contributed by atoms with Gasteiger partial charge in [0.05, 0.1) is 0 Å². The van der Waals surface area contributed by atoms with Crippen molar-refractivity contribution in [1.29, 1.82) is 0 Å². The van der Waals surface area contributed by atoms with E-state index in [0.717, 1.165) is 11.3 Å². The first kappa shape index (κ1) is 20.3. The van der Waals surface area contributed by atoms with Crippen molar-refractivity contribution in [1.82, 2.24) is 4.90 Å². The van der Waals surface area contributed by atoms with Gasteiger partial charge in [-0.3, -0.25) is 14.0 Å². The van der Waals surface area contributed by atoms with Crippen molar-refractivity contribution in [2.45, 2.75) is 40.5 Å². The highest BCUT2D eigenvalue weighted by molar-refractivity contribution is 7.52. The molecule has 1 unspecified atom stereocenters. The molecule has 0 fully saturated rings. The zero-order valence-corrected chi connectivity index (χ0v) is 14.3. The monoisotopic (exact) mass is 331 g/mol. The summed E-state index contributed by atoms with van der Waals surface area (Å²) in [5.41, 5.74) is 0.150. The smallest absolute Gasteiger partial charge is 0.324 e. The minimum absolute atomic E-state index is 0.150. The summed E-state index contributed by atoms with van der Waals surface area (Å²) in [5.74, 6) is 0.311. The van der Waals surface area contributed by atoms with Crippen LogP contribution in [0.2, 0.25) is 0 Å². The van der Waals surface area contributed by atoms with E-state index in [1.165, 1.54) is 0 Å². The predicted octanol–water partition coefficient (Wildman–Crippen LogP) is 2.02. The molecule has 0 rings (SSSR count). The first-order valence-corrected chi connectivity index (χ1v) is 10.1. The van der Waals surface area contributed by atoms with Crippen molar-refractivity contribution < 1.29 is 28.7 Å². The van der Waals surface area contributed by atoms with Crippen LogP contribution in [0.25, 0.3) is 0 Å². The predicted molar refractivity (Wildman–Crippen MR) is 78.4 cm³/mol. The van der Waals surface area contributed by atoms with Gasteiger partial charge >= 0.3 is 15.2 Å². The topological polar surface area (TPSA) is 118 Å². The van der Waals surface area contributed by atoms with Gasteiger partial charge in [0, 0.05) is 0 Å². The van der Waals surface area contributed by atoms with Gasteiger partial charge in [-0.05, 0) is 30.7 Å². The van der Waals surface area contributed by atoms with E-state index in [1.807, 2.05) is 6.92 Å². The van der Waals surface area contributed by atoms with Gasteiger partial charge in [0.1, 0.15) is 12.6 Å². The summed E-state index contributed by atoms with van der Waals surface area (Å²) in [6.07, 6.45) is 0.324. The molecule has 0 aliphatic heterocycles. The number of hydrogen-bond acceptors (Lipinski definition) is 3. The Kier molecular flexibility index (Phi) is 7.60. The lowest BCUT2D eigenvalue weighted by atomic mass is 9.84. The number of nitrogens with zero attached hydrogens (tertiary/aromatic N) is 1. The van der Waals surface area contributed by atoms with Crippen LogP contribution in [0.3, 0.4) is 0 Å². The van der Waals surface area contributed by atoms with Crippen LogP contribution >= 0.6 is 15.2 Å². The standard InChI is InChI=1S/C11H27NO6P2/c1-10(7-11(2,3)4)5-6-12(8-19(13,14)15)9-20(16,17)18/h10H,5-9H2,1-4H3,(H2,13,14,15)(H2,16,17,18). The Balaban J connectivity index is 4.51. The second kappa shape index (κ2) is 7.50. The van der Waals surface area contributed by atoms with E-state index >= 15 is 0 Å². The van der Waals surface area contributed by atoms with Crippen molar-refractivity contribution in [2.75, 3.05) is 19.1 Å². The highest BCUT2D eigenvalue weighted by atomic mass is 31.2. The average Bonchev–Trinajstić information content (AvgIpc) is 2.06. The van der Waals surface area contributed by atoms with E-state index in [9.17, 15) is 9.13 Å². The van der Waals surface area contributed by atoms with E-state index in [1.54, 1.807) is 0 Å². The van der Waals surface area contributed by atoms with Gasteiger partial charge in [0.15, 0.2) is 0 Å². The van der Waals surface area contributed by atoms with Gasteiger partial charge < -0.3 is 19.6 Å². The quantitative estimate of drug-likeness (QED) is 0.502. The molecular formula is C11H27NO6P2. The highest BCUT2D eigenvalue weighted by Gasteiger charge is 2.26. The molecule has 0 saturated carbocycles. The molecule has 0 heterocycles. The molecule has 0 aromatic heterocycles. The number of hydrogen-bond donors (Lipinski definition) is 4. The van der Waals surface area contributed by atoms with Crippen molar-refractivity contribution >= 4 is 15.2 Å². The second-order valence-corrected chi connectivity index (χ2v) is 9.89. The third kappa shape index (κ3) is 13.3. The van der Waals surface area contributed by atoms with Crippen LogP contribution in [-0.2, 0) is 9.13 Å². The van der Waals surface area contributed by atoms with Crippen molar-refractivity contribution in [3.8, 4) is 0 Å². The van der Waals surface area contributed by atoms with Crippen molar-refractivity contribution in [3.63, 3.8) is 0 Å². The third-order valence-electron chi connectivity index (χ3n) is 2.67. The molecule has 20 heavy (non-hydrogen) atoms. The molecule has 7 nitrogen and oxygen atoms in total. The molecule has 4 N–H and O–H groups in total. The van der Waals surface area contributed by atoms with Gasteiger partial charge in [-0.25, -0.2) is 0 Å². The summed E-state index contributed by atoms with van der Waals surface area (Å²) in [6, 6.07) is 0. The zero-order chi connectivity index (χ0) is 16.2. The second-order valence-electron chi connectivity index (χ2n) is 6.67. The molecule has 0 aromatic carbocycles. The van der Waals surface area contributed by atoms with Crippen LogP contribution < -0.4 is 0 Å². The fourth-order valence-corrected chi connectivity index (χ4v) is 3.94. The largest absolute Gasteiger partial charge is 0.339 e. The van der Waals surface area contributed by atoms with Crippen LogP contribution in [0.15, 0.2) is 0 Å². The molecule has 0 saturated heterocycles. The van der Waals surface area contributed by atoms with Crippen LogP contribution in [0.4, 0.5) is 0 Å². The minimum Gasteiger partial charge on any atom is -0.324 e. The first-order chi connectivity index (χ1) is 8.68. The zero-order valence-electron chi connectivity index (χ0n) is 12.6. The van der Waals surface area contributed by atoms with Crippen LogP contribution in [-0.4, -0.2) is 43.6 Å². The van der Waals surface area contributed by atoms with E-state index < -0.39 is 27.8 Å². The SMILES string of the molecule is CC(CCN(CP(=O)(O)O)CP(=O)(O)O)CC(C)(C)C. The summed E-state index contributed by atoms with van der Waals surface area (Å²) in [5, 5.41) is 0. The molecule has 0 aromatic rings. The molecule has 1 atom stereocenters. The lowest BCUT2D eigenvalue weighted by Crippen LogP contribution is -2.29. The Labute approximate surface area is 120 Å². The van der Waals surface area contributed by atoms with E-state index in [-0.39, 0.29) is 12.0 Å². The van der Waals surface area contributed by atoms with Gasteiger partial charge in [0.2, 0.25) is 0 Å². The molecule has 0 amide bonds. The Morgan fingerprint density at radius 3 is 1.70 bits per heavy atom. The van der Waals surface area contributed by atoms with Crippen LogP contribution in [0, 0.1) is 11.3 Å². The van der Waals surface area contributed by atoms with Crippen LogP contribution in [0.1, 0.15) is 40.5 Å². The van der Waals surface area contributed by atoms with Crippen molar-refractivity contribution in [3.05, 3.63) is 0 Å². The maximum Gasteiger partial charge on any atom is 0.339 e. The van der Waals surface area contributed by atoms with Gasteiger partial charge in [0.25, 0.3) is 0 Å². The normalized spacial score (nSPS) is 15.7. The number of rotatable bonds is 8. The molecule has 0 bridgehead atoms. The highest BCUT2D eigenvalue weighted by Crippen LogP contribution is 2.41. The fraction of sp³-hybridized carbons (Fsp3) is 1.00. The molecule has 0 aliphatic carbocycles. The Bertz CT molecular complexity index is 359.